The van der Waals surface area contributed by atoms with E-state index in [-0.39, 0.29) is 12.1 Å². The highest BCUT2D eigenvalue weighted by Crippen LogP contribution is 2.21. The maximum atomic E-state index is 12.5. The maximum Gasteiger partial charge on any atom is 0.317 e. The Morgan fingerprint density at radius 2 is 1.71 bits per heavy atom. The second kappa shape index (κ2) is 8.71. The van der Waals surface area contributed by atoms with Gasteiger partial charge in [-0.25, -0.2) is 4.79 Å². The van der Waals surface area contributed by atoms with Gasteiger partial charge in [0.05, 0.1) is 6.04 Å². The lowest BCUT2D eigenvalue weighted by atomic mass is 9.97. The van der Waals surface area contributed by atoms with Crippen LogP contribution in [0.5, 0.6) is 0 Å². The molecule has 0 saturated carbocycles. The van der Waals surface area contributed by atoms with Crippen LogP contribution < -0.4 is 5.32 Å². The first-order chi connectivity index (χ1) is 9.93. The fourth-order valence-corrected chi connectivity index (χ4v) is 2.47. The highest BCUT2D eigenvalue weighted by Gasteiger charge is 2.19. The number of hydrogen-bond donors (Lipinski definition) is 1. The van der Waals surface area contributed by atoms with Gasteiger partial charge in [0.25, 0.3) is 0 Å². The predicted octanol–water partition coefficient (Wildman–Crippen LogP) is 4.46. The van der Waals surface area contributed by atoms with Gasteiger partial charge < -0.3 is 10.2 Å². The highest BCUT2D eigenvalue weighted by molar-refractivity contribution is 5.74. The monoisotopic (exact) mass is 290 g/mol. The van der Waals surface area contributed by atoms with Crippen molar-refractivity contribution in [3.63, 3.8) is 0 Å². The van der Waals surface area contributed by atoms with Crippen molar-refractivity contribution in [3.05, 3.63) is 35.9 Å². The summed E-state index contributed by atoms with van der Waals surface area (Å²) in [4.78, 5) is 14.4. The minimum Gasteiger partial charge on any atom is -0.331 e. The number of nitrogens with one attached hydrogen (secondary N) is 1. The first-order valence-corrected chi connectivity index (χ1v) is 8.04. The van der Waals surface area contributed by atoms with Crippen molar-refractivity contribution in [2.45, 2.75) is 47.1 Å². The molecule has 0 aliphatic heterocycles. The molecule has 0 aliphatic rings. The molecule has 3 heteroatoms. The summed E-state index contributed by atoms with van der Waals surface area (Å²) in [5.41, 5.74) is 1.18. The van der Waals surface area contributed by atoms with Gasteiger partial charge in [0, 0.05) is 13.1 Å². The van der Waals surface area contributed by atoms with Crippen molar-refractivity contribution >= 4 is 6.03 Å². The van der Waals surface area contributed by atoms with E-state index in [1.54, 1.807) is 0 Å². The molecule has 2 amide bonds. The zero-order valence-corrected chi connectivity index (χ0v) is 14.1. The number of carbonyl (C=O) groups is 1. The van der Waals surface area contributed by atoms with Crippen molar-refractivity contribution < 1.29 is 4.79 Å². The summed E-state index contributed by atoms with van der Waals surface area (Å²) in [6.07, 6.45) is 0.953. The third-order valence-corrected chi connectivity index (χ3v) is 3.46. The van der Waals surface area contributed by atoms with E-state index < -0.39 is 0 Å². The number of carbonyl (C=O) groups excluding carboxylic acids is 1. The number of nitrogens with zero attached hydrogens (tertiary/aromatic N) is 1. The molecule has 1 aromatic rings. The topological polar surface area (TPSA) is 32.3 Å². The average molecular weight is 290 g/mol. The van der Waals surface area contributed by atoms with Gasteiger partial charge in [-0.2, -0.15) is 0 Å². The van der Waals surface area contributed by atoms with Crippen LogP contribution in [0.25, 0.3) is 0 Å². The molecule has 0 heterocycles. The second-order valence-corrected chi connectivity index (χ2v) is 6.47. The fourth-order valence-electron chi connectivity index (χ4n) is 2.47. The molecule has 1 rings (SSSR count). The third kappa shape index (κ3) is 6.19. The van der Waals surface area contributed by atoms with E-state index >= 15 is 0 Å². The molecule has 0 aliphatic carbocycles. The van der Waals surface area contributed by atoms with Crippen molar-refractivity contribution in [3.8, 4) is 0 Å². The van der Waals surface area contributed by atoms with Crippen LogP contribution in [0, 0.1) is 11.8 Å². The van der Waals surface area contributed by atoms with E-state index in [1.807, 2.05) is 30.0 Å². The molecular weight excluding hydrogens is 260 g/mol. The summed E-state index contributed by atoms with van der Waals surface area (Å²) >= 11 is 0. The van der Waals surface area contributed by atoms with Gasteiger partial charge in [-0.1, -0.05) is 58.0 Å². The molecule has 0 radical (unpaired) electrons. The minimum atomic E-state index is 0.0423. The van der Waals surface area contributed by atoms with E-state index in [2.05, 4.69) is 45.1 Å². The third-order valence-electron chi connectivity index (χ3n) is 3.46. The molecule has 0 aromatic heterocycles. The molecule has 0 spiro atoms. The molecule has 118 valence electrons. The molecular formula is C18H30N2O. The fraction of sp³-hybridized carbons (Fsp3) is 0.611. The van der Waals surface area contributed by atoms with E-state index in [0.29, 0.717) is 11.8 Å². The zero-order valence-electron chi connectivity index (χ0n) is 14.1. The van der Waals surface area contributed by atoms with Crippen LogP contribution in [0.3, 0.4) is 0 Å². The first-order valence-electron chi connectivity index (χ1n) is 8.04. The molecule has 0 fully saturated rings. The summed E-state index contributed by atoms with van der Waals surface area (Å²) in [6.45, 7) is 12.2. The Labute approximate surface area is 129 Å². The lowest BCUT2D eigenvalue weighted by Crippen LogP contribution is -2.43. The normalized spacial score (nSPS) is 12.5. The molecule has 0 bridgehead atoms. The summed E-state index contributed by atoms with van der Waals surface area (Å²) in [5, 5.41) is 3.21. The predicted molar refractivity (Wildman–Crippen MR) is 89.3 cm³/mol. The van der Waals surface area contributed by atoms with Gasteiger partial charge in [-0.05, 0) is 30.7 Å². The smallest absolute Gasteiger partial charge is 0.317 e. The van der Waals surface area contributed by atoms with Crippen LogP contribution in [0.1, 0.15) is 52.6 Å². The Bertz CT molecular complexity index is 414. The van der Waals surface area contributed by atoms with Gasteiger partial charge in [-0.3, -0.25) is 0 Å². The van der Waals surface area contributed by atoms with Gasteiger partial charge >= 0.3 is 6.03 Å². The van der Waals surface area contributed by atoms with Gasteiger partial charge in [0.15, 0.2) is 0 Å². The average Bonchev–Trinajstić information content (AvgIpc) is 2.44. The summed E-state index contributed by atoms with van der Waals surface area (Å²) in [6, 6.07) is 10.4. The molecule has 1 aromatic carbocycles. The Morgan fingerprint density at radius 3 is 2.19 bits per heavy atom. The number of amides is 2. The van der Waals surface area contributed by atoms with Crippen molar-refractivity contribution in [1.29, 1.82) is 0 Å². The SMILES string of the molecule is CCN(CC(C)C)C(=O)NC(CC(C)C)c1ccccc1. The van der Waals surface area contributed by atoms with Crippen LogP contribution in [0.2, 0.25) is 0 Å². The first kappa shape index (κ1) is 17.5. The maximum absolute atomic E-state index is 12.5. The number of urea groups is 1. The molecule has 1 atom stereocenters. The van der Waals surface area contributed by atoms with Crippen molar-refractivity contribution in [2.75, 3.05) is 13.1 Å². The van der Waals surface area contributed by atoms with Crippen molar-refractivity contribution in [2.24, 2.45) is 11.8 Å². The van der Waals surface area contributed by atoms with E-state index in [1.165, 1.54) is 5.56 Å². The van der Waals surface area contributed by atoms with Gasteiger partial charge in [0.2, 0.25) is 0 Å². The standard InChI is InChI=1S/C18H30N2O/c1-6-20(13-15(4)5)18(21)19-17(12-14(2)3)16-10-8-7-9-11-16/h7-11,14-15,17H,6,12-13H2,1-5H3,(H,19,21). The quantitative estimate of drug-likeness (QED) is 0.790. The highest BCUT2D eigenvalue weighted by atomic mass is 16.2. The lowest BCUT2D eigenvalue weighted by molar-refractivity contribution is 0.188. The molecule has 3 nitrogen and oxygen atoms in total. The zero-order chi connectivity index (χ0) is 15.8. The second-order valence-electron chi connectivity index (χ2n) is 6.47. The van der Waals surface area contributed by atoms with Gasteiger partial charge in [-0.15, -0.1) is 0 Å². The molecule has 1 N–H and O–H groups in total. The van der Waals surface area contributed by atoms with Crippen LogP contribution in [-0.4, -0.2) is 24.0 Å². The van der Waals surface area contributed by atoms with Crippen LogP contribution >= 0.6 is 0 Å². The van der Waals surface area contributed by atoms with E-state index in [0.717, 1.165) is 19.5 Å². The molecule has 0 saturated heterocycles. The summed E-state index contributed by atoms with van der Waals surface area (Å²) in [5.74, 6) is 1.02. The van der Waals surface area contributed by atoms with E-state index in [9.17, 15) is 4.79 Å². The Morgan fingerprint density at radius 1 is 1.10 bits per heavy atom. The van der Waals surface area contributed by atoms with Crippen molar-refractivity contribution in [1.82, 2.24) is 10.2 Å². The summed E-state index contributed by atoms with van der Waals surface area (Å²) < 4.78 is 0. The molecule has 21 heavy (non-hydrogen) atoms. The Kier molecular flexibility index (Phi) is 7.27. The Hall–Kier alpha value is -1.51. The lowest BCUT2D eigenvalue weighted by Gasteiger charge is -2.28. The van der Waals surface area contributed by atoms with E-state index in [4.69, 9.17) is 0 Å². The van der Waals surface area contributed by atoms with Crippen LogP contribution in [0.15, 0.2) is 30.3 Å². The number of hydrogen-bond acceptors (Lipinski definition) is 1. The minimum absolute atomic E-state index is 0.0423. The number of rotatable bonds is 7. The molecule has 1 unspecified atom stereocenters. The number of benzene rings is 1. The summed E-state index contributed by atoms with van der Waals surface area (Å²) in [7, 11) is 0. The van der Waals surface area contributed by atoms with Crippen LogP contribution in [-0.2, 0) is 0 Å². The van der Waals surface area contributed by atoms with Gasteiger partial charge in [0.1, 0.15) is 0 Å². The largest absolute Gasteiger partial charge is 0.331 e. The Balaban J connectivity index is 2.78. The van der Waals surface area contributed by atoms with Crippen LogP contribution in [0.4, 0.5) is 4.79 Å².